The molecule has 0 unspecified atom stereocenters. The van der Waals surface area contributed by atoms with Crippen LogP contribution in [0, 0.1) is 0 Å². The Bertz CT molecular complexity index is 439. The van der Waals surface area contributed by atoms with Gasteiger partial charge in [-0.2, -0.15) is 0 Å². The third kappa shape index (κ3) is 9.68. The number of carbonyl (C=O) groups is 2. The first-order valence-electron chi connectivity index (χ1n) is 8.17. The largest absolute Gasteiger partial charge is 0.480 e. The van der Waals surface area contributed by atoms with E-state index in [-0.39, 0.29) is 25.9 Å². The minimum absolute atomic E-state index is 0.0418. The van der Waals surface area contributed by atoms with Crippen LogP contribution in [0.2, 0.25) is 0 Å². The number of carboxylic acids is 2. The molecule has 0 rings (SSSR count). The van der Waals surface area contributed by atoms with E-state index >= 15 is 0 Å². The standard InChI is InChI=1S/C12H25N3O5/c13-9(11(17)18)3-1-2-6-15-7-8(16)4-5-10(14)12(19)20/h8-10,15-16H,1-7,13-14H2,(H,17,18)(H,19,20)/t8-,9-,10-/m0/s1/i3D2,5D2. The maximum atomic E-state index is 10.7. The number of aliphatic carboxylic acids is 2. The maximum absolute atomic E-state index is 10.7. The number of rotatable bonds is 12. The molecule has 8 heteroatoms. The number of nitrogens with one attached hydrogen (secondary N) is 1. The van der Waals surface area contributed by atoms with Gasteiger partial charge in [0.1, 0.15) is 12.1 Å². The Morgan fingerprint density at radius 1 is 1.10 bits per heavy atom. The van der Waals surface area contributed by atoms with Gasteiger partial charge in [0, 0.05) is 12.0 Å². The molecule has 8 nitrogen and oxygen atoms in total. The van der Waals surface area contributed by atoms with Crippen LogP contribution in [0.1, 0.15) is 37.5 Å². The fourth-order valence-electron chi connectivity index (χ4n) is 1.25. The SMILES string of the molecule is [2H]C([2H])(CCCNC[C@@H](O)CC([2H])([2H])[C@H](N)C(=O)O)[C@H](N)C(=O)O. The molecule has 0 aromatic carbocycles. The molecule has 0 aliphatic carbocycles. The quantitative estimate of drug-likeness (QED) is 0.243. The summed E-state index contributed by atoms with van der Waals surface area (Å²) in [6.07, 6.45) is -5.85. The predicted octanol–water partition coefficient (Wildman–Crippen LogP) is -1.29. The number of aliphatic hydroxyl groups is 1. The van der Waals surface area contributed by atoms with Crippen LogP contribution in [0.4, 0.5) is 0 Å². The van der Waals surface area contributed by atoms with Crippen molar-refractivity contribution in [1.29, 1.82) is 0 Å². The molecule has 0 saturated heterocycles. The van der Waals surface area contributed by atoms with Gasteiger partial charge < -0.3 is 32.1 Å². The highest BCUT2D eigenvalue weighted by molar-refractivity contribution is 5.73. The van der Waals surface area contributed by atoms with Gasteiger partial charge in [-0.15, -0.1) is 0 Å². The molecule has 0 aromatic heterocycles. The third-order valence-electron chi connectivity index (χ3n) is 2.38. The minimum Gasteiger partial charge on any atom is -0.480 e. The molecule has 20 heavy (non-hydrogen) atoms. The Balaban J connectivity index is 4.13. The average molecular weight is 295 g/mol. The van der Waals surface area contributed by atoms with Crippen LogP contribution in [-0.4, -0.2) is 58.5 Å². The van der Waals surface area contributed by atoms with Crippen LogP contribution in [0.3, 0.4) is 0 Å². The van der Waals surface area contributed by atoms with Crippen LogP contribution >= 0.6 is 0 Å². The van der Waals surface area contributed by atoms with Crippen molar-refractivity contribution >= 4 is 11.9 Å². The van der Waals surface area contributed by atoms with E-state index in [0.29, 0.717) is 0 Å². The van der Waals surface area contributed by atoms with Gasteiger partial charge in [-0.1, -0.05) is 6.42 Å². The Morgan fingerprint density at radius 2 is 1.65 bits per heavy atom. The van der Waals surface area contributed by atoms with E-state index in [1.54, 1.807) is 0 Å². The van der Waals surface area contributed by atoms with E-state index in [1.165, 1.54) is 0 Å². The van der Waals surface area contributed by atoms with Crippen molar-refractivity contribution in [3.05, 3.63) is 0 Å². The monoisotopic (exact) mass is 295 g/mol. The molecule has 0 aromatic rings. The number of carboxylic acid groups (broad SMARTS) is 2. The van der Waals surface area contributed by atoms with Crippen molar-refractivity contribution in [3.63, 3.8) is 0 Å². The van der Waals surface area contributed by atoms with Gasteiger partial charge in [0.05, 0.1) is 6.10 Å². The second kappa shape index (κ2) is 10.6. The summed E-state index contributed by atoms with van der Waals surface area (Å²) in [7, 11) is 0. The minimum atomic E-state index is -2.28. The first-order valence-corrected chi connectivity index (χ1v) is 6.17. The van der Waals surface area contributed by atoms with Crippen molar-refractivity contribution in [1.82, 2.24) is 5.32 Å². The van der Waals surface area contributed by atoms with Gasteiger partial charge in [0.15, 0.2) is 0 Å². The Morgan fingerprint density at radius 3 is 2.20 bits per heavy atom. The lowest BCUT2D eigenvalue weighted by Crippen LogP contribution is -2.33. The molecule has 0 fully saturated rings. The van der Waals surface area contributed by atoms with Gasteiger partial charge in [0.2, 0.25) is 0 Å². The molecule has 0 bridgehead atoms. The first kappa shape index (κ1) is 12.5. The van der Waals surface area contributed by atoms with E-state index in [2.05, 4.69) is 5.32 Å². The summed E-state index contributed by atoms with van der Waals surface area (Å²) in [6, 6.07) is -3.38. The summed E-state index contributed by atoms with van der Waals surface area (Å²) in [5, 5.41) is 29.8. The van der Waals surface area contributed by atoms with Crippen LogP contribution in [0.5, 0.6) is 0 Å². The molecule has 0 spiro atoms. The van der Waals surface area contributed by atoms with Gasteiger partial charge in [-0.05, 0) is 32.1 Å². The van der Waals surface area contributed by atoms with Gasteiger partial charge in [0.25, 0.3) is 0 Å². The van der Waals surface area contributed by atoms with Gasteiger partial charge in [-0.25, -0.2) is 0 Å². The normalized spacial score (nSPS) is 19.9. The topological polar surface area (TPSA) is 159 Å². The Labute approximate surface area is 123 Å². The highest BCUT2D eigenvalue weighted by atomic mass is 16.4. The Hall–Kier alpha value is -1.22. The van der Waals surface area contributed by atoms with Crippen LogP contribution in [0.25, 0.3) is 0 Å². The average Bonchev–Trinajstić information content (AvgIpc) is 2.44. The summed E-state index contributed by atoms with van der Waals surface area (Å²) >= 11 is 0. The van der Waals surface area contributed by atoms with Crippen molar-refractivity contribution in [2.24, 2.45) is 11.5 Å². The van der Waals surface area contributed by atoms with E-state index in [1.807, 2.05) is 0 Å². The smallest absolute Gasteiger partial charge is 0.320 e. The lowest BCUT2D eigenvalue weighted by Gasteiger charge is -2.13. The van der Waals surface area contributed by atoms with E-state index in [9.17, 15) is 14.7 Å². The number of nitrogens with two attached hydrogens (primary N) is 2. The molecule has 0 saturated carbocycles. The highest BCUT2D eigenvalue weighted by Gasteiger charge is 2.14. The van der Waals surface area contributed by atoms with Crippen molar-refractivity contribution in [3.8, 4) is 0 Å². The van der Waals surface area contributed by atoms with Crippen LogP contribution in [-0.2, 0) is 9.59 Å². The lowest BCUT2D eigenvalue weighted by molar-refractivity contribution is -0.139. The molecule has 0 aliphatic rings. The van der Waals surface area contributed by atoms with Crippen LogP contribution in [0.15, 0.2) is 0 Å². The zero-order chi connectivity index (χ0) is 19.1. The van der Waals surface area contributed by atoms with Crippen molar-refractivity contribution < 1.29 is 30.4 Å². The summed E-state index contributed by atoms with van der Waals surface area (Å²) in [6.45, 7) is 0.205. The molecule has 3 atom stereocenters. The molecule has 8 N–H and O–H groups in total. The second-order valence-corrected chi connectivity index (χ2v) is 4.21. The summed E-state index contributed by atoms with van der Waals surface area (Å²) < 4.78 is 30.2. The fraction of sp³-hybridized carbons (Fsp3) is 0.833. The zero-order valence-electron chi connectivity index (χ0n) is 15.1. The number of aliphatic hydroxyl groups excluding tert-OH is 1. The summed E-state index contributed by atoms with van der Waals surface area (Å²) in [5.74, 6) is -2.93. The molecular weight excluding hydrogens is 266 g/mol. The second-order valence-electron chi connectivity index (χ2n) is 4.21. The van der Waals surface area contributed by atoms with E-state index in [0.717, 1.165) is 0 Å². The Kier molecular flexibility index (Phi) is 6.60. The van der Waals surface area contributed by atoms with E-state index in [4.69, 9.17) is 27.2 Å². The predicted molar refractivity (Wildman–Crippen MR) is 73.2 cm³/mol. The third-order valence-corrected chi connectivity index (χ3v) is 2.38. The highest BCUT2D eigenvalue weighted by Crippen LogP contribution is 2.01. The van der Waals surface area contributed by atoms with E-state index < -0.39 is 49.3 Å². The zero-order valence-corrected chi connectivity index (χ0v) is 11.1. The van der Waals surface area contributed by atoms with Crippen molar-refractivity contribution in [2.45, 2.75) is 50.2 Å². The maximum Gasteiger partial charge on any atom is 0.320 e. The van der Waals surface area contributed by atoms with Gasteiger partial charge in [-0.3, -0.25) is 9.59 Å². The molecular formula is C12H25N3O5. The fourth-order valence-corrected chi connectivity index (χ4v) is 1.25. The molecule has 0 aliphatic heterocycles. The lowest BCUT2D eigenvalue weighted by atomic mass is 10.1. The molecule has 0 amide bonds. The first-order chi connectivity index (χ1) is 10.8. The van der Waals surface area contributed by atoms with Crippen LogP contribution < -0.4 is 16.8 Å². The van der Waals surface area contributed by atoms with Crippen molar-refractivity contribution in [2.75, 3.05) is 13.1 Å². The molecule has 118 valence electrons. The molecule has 0 heterocycles. The molecule has 0 radical (unpaired) electrons. The summed E-state index contributed by atoms with van der Waals surface area (Å²) in [5.41, 5.74) is 10.5. The van der Waals surface area contributed by atoms with Gasteiger partial charge >= 0.3 is 11.9 Å². The summed E-state index contributed by atoms with van der Waals surface area (Å²) in [4.78, 5) is 21.3. The number of hydrogen-bond acceptors (Lipinski definition) is 6. The number of hydrogen-bond donors (Lipinski definition) is 6.